The average molecular weight is 259 g/mol. The molecule has 0 saturated carbocycles. The molecule has 0 fully saturated rings. The van der Waals surface area contributed by atoms with Gasteiger partial charge in [-0.25, -0.2) is 9.67 Å². The van der Waals surface area contributed by atoms with Crippen LogP contribution in [0.3, 0.4) is 0 Å². The molecular weight excluding hydrogens is 238 g/mol. The molecular formula is C15H21N3O. The maximum atomic E-state index is 11.0. The Labute approximate surface area is 114 Å². The van der Waals surface area contributed by atoms with E-state index >= 15 is 0 Å². The molecule has 1 N–H and O–H groups in total. The van der Waals surface area contributed by atoms with E-state index in [0.29, 0.717) is 18.9 Å². The summed E-state index contributed by atoms with van der Waals surface area (Å²) >= 11 is 0. The first-order valence-electron chi connectivity index (χ1n) is 6.70. The summed E-state index contributed by atoms with van der Waals surface area (Å²) < 4.78 is 1.69. The molecule has 1 heterocycles. The number of benzene rings is 1. The third kappa shape index (κ3) is 3.64. The van der Waals surface area contributed by atoms with Gasteiger partial charge in [-0.05, 0) is 24.3 Å². The fourth-order valence-electron chi connectivity index (χ4n) is 2.17. The first-order valence-corrected chi connectivity index (χ1v) is 6.70. The molecule has 19 heavy (non-hydrogen) atoms. The molecule has 1 unspecified atom stereocenters. The summed E-state index contributed by atoms with van der Waals surface area (Å²) in [6, 6.07) is 9.81. The third-order valence-electron chi connectivity index (χ3n) is 3.34. The molecule has 0 saturated heterocycles. The highest BCUT2D eigenvalue weighted by atomic mass is 16.3. The lowest BCUT2D eigenvalue weighted by atomic mass is 9.87. The fraction of sp³-hybridized carbons (Fsp3) is 0.467. The van der Waals surface area contributed by atoms with Crippen molar-refractivity contribution in [2.45, 2.75) is 38.8 Å². The van der Waals surface area contributed by atoms with Gasteiger partial charge in [-0.15, -0.1) is 0 Å². The molecule has 0 aliphatic rings. The summed E-state index contributed by atoms with van der Waals surface area (Å²) in [5.41, 5.74) is 0.0466. The summed E-state index contributed by atoms with van der Waals surface area (Å²) in [5.74, 6) is 0.561. The van der Waals surface area contributed by atoms with Crippen LogP contribution in [0, 0.1) is 5.92 Å². The molecule has 1 aromatic carbocycles. The molecule has 102 valence electrons. The lowest BCUT2D eigenvalue weighted by Gasteiger charge is -2.29. The van der Waals surface area contributed by atoms with Gasteiger partial charge in [0.05, 0.1) is 6.54 Å². The van der Waals surface area contributed by atoms with Crippen LogP contribution in [0.2, 0.25) is 0 Å². The summed E-state index contributed by atoms with van der Waals surface area (Å²) in [7, 11) is 0. The van der Waals surface area contributed by atoms with Crippen molar-refractivity contribution in [1.82, 2.24) is 14.8 Å². The van der Waals surface area contributed by atoms with Gasteiger partial charge in [0.2, 0.25) is 0 Å². The van der Waals surface area contributed by atoms with Crippen molar-refractivity contribution in [2.24, 2.45) is 5.92 Å². The molecule has 0 aliphatic heterocycles. The molecule has 0 bridgehead atoms. The van der Waals surface area contributed by atoms with Gasteiger partial charge >= 0.3 is 0 Å². The van der Waals surface area contributed by atoms with Gasteiger partial charge in [0, 0.05) is 0 Å². The first kappa shape index (κ1) is 13.7. The van der Waals surface area contributed by atoms with Crippen LogP contribution in [0.25, 0.3) is 0 Å². The summed E-state index contributed by atoms with van der Waals surface area (Å²) in [4.78, 5) is 3.94. The van der Waals surface area contributed by atoms with Crippen molar-refractivity contribution >= 4 is 0 Å². The monoisotopic (exact) mass is 259 g/mol. The molecule has 1 aromatic heterocycles. The van der Waals surface area contributed by atoms with Crippen LogP contribution in [-0.4, -0.2) is 19.9 Å². The van der Waals surface area contributed by atoms with Gasteiger partial charge in [-0.2, -0.15) is 5.10 Å². The number of hydrogen-bond donors (Lipinski definition) is 1. The van der Waals surface area contributed by atoms with Crippen LogP contribution in [-0.2, 0) is 12.1 Å². The largest absolute Gasteiger partial charge is 0.383 e. The van der Waals surface area contributed by atoms with E-state index < -0.39 is 5.60 Å². The van der Waals surface area contributed by atoms with Crippen LogP contribution in [0.4, 0.5) is 0 Å². The molecule has 2 aromatic rings. The van der Waals surface area contributed by atoms with Crippen LogP contribution in [0.1, 0.15) is 32.3 Å². The predicted molar refractivity (Wildman–Crippen MR) is 74.4 cm³/mol. The zero-order valence-corrected chi connectivity index (χ0v) is 11.5. The highest BCUT2D eigenvalue weighted by molar-refractivity contribution is 5.22. The van der Waals surface area contributed by atoms with Crippen molar-refractivity contribution in [1.29, 1.82) is 0 Å². The molecule has 1 atom stereocenters. The number of aromatic nitrogens is 3. The third-order valence-corrected chi connectivity index (χ3v) is 3.34. The molecule has 4 heteroatoms. The first-order chi connectivity index (χ1) is 9.10. The normalized spacial score (nSPS) is 14.5. The Hall–Kier alpha value is -1.68. The maximum Gasteiger partial charge on any atom is 0.137 e. The van der Waals surface area contributed by atoms with E-state index in [0.717, 1.165) is 12.0 Å². The fourth-order valence-corrected chi connectivity index (χ4v) is 2.17. The van der Waals surface area contributed by atoms with E-state index in [2.05, 4.69) is 23.9 Å². The van der Waals surface area contributed by atoms with Gasteiger partial charge in [0.1, 0.15) is 18.3 Å². The Morgan fingerprint density at radius 2 is 2.00 bits per heavy atom. The lowest BCUT2D eigenvalue weighted by Crippen LogP contribution is -2.32. The van der Waals surface area contributed by atoms with Crippen LogP contribution in [0.5, 0.6) is 0 Å². The Balaban J connectivity index is 2.22. The Bertz CT molecular complexity index is 481. The minimum Gasteiger partial charge on any atom is -0.383 e. The maximum absolute atomic E-state index is 11.0. The molecule has 0 amide bonds. The Morgan fingerprint density at radius 1 is 1.26 bits per heavy atom. The highest BCUT2D eigenvalue weighted by Crippen LogP contribution is 2.29. The topological polar surface area (TPSA) is 50.9 Å². The minimum absolute atomic E-state index is 0.434. The van der Waals surface area contributed by atoms with Gasteiger partial charge in [0.15, 0.2) is 0 Å². The van der Waals surface area contributed by atoms with Crippen LogP contribution < -0.4 is 0 Å². The SMILES string of the molecule is CC(C)CCC(O)(Cn1cncn1)c1ccccc1. The summed E-state index contributed by atoms with van der Waals surface area (Å²) in [5, 5.41) is 15.1. The highest BCUT2D eigenvalue weighted by Gasteiger charge is 2.30. The van der Waals surface area contributed by atoms with E-state index in [1.807, 2.05) is 30.3 Å². The van der Waals surface area contributed by atoms with E-state index in [-0.39, 0.29) is 0 Å². The number of hydrogen-bond acceptors (Lipinski definition) is 3. The van der Waals surface area contributed by atoms with Gasteiger partial charge < -0.3 is 5.11 Å². The van der Waals surface area contributed by atoms with Gasteiger partial charge in [0.25, 0.3) is 0 Å². The van der Waals surface area contributed by atoms with E-state index in [9.17, 15) is 5.11 Å². The molecule has 2 rings (SSSR count). The van der Waals surface area contributed by atoms with Crippen molar-refractivity contribution in [2.75, 3.05) is 0 Å². The molecule has 4 nitrogen and oxygen atoms in total. The van der Waals surface area contributed by atoms with Crippen molar-refractivity contribution in [3.63, 3.8) is 0 Å². The minimum atomic E-state index is -0.890. The quantitative estimate of drug-likeness (QED) is 0.867. The van der Waals surface area contributed by atoms with E-state index in [1.165, 1.54) is 6.33 Å². The van der Waals surface area contributed by atoms with E-state index in [4.69, 9.17) is 0 Å². The Morgan fingerprint density at radius 3 is 2.58 bits per heavy atom. The average Bonchev–Trinajstić information content (AvgIpc) is 2.90. The smallest absolute Gasteiger partial charge is 0.137 e. The number of rotatable bonds is 6. The second kappa shape index (κ2) is 5.97. The second-order valence-corrected chi connectivity index (χ2v) is 5.42. The van der Waals surface area contributed by atoms with Gasteiger partial charge in [-0.3, -0.25) is 0 Å². The van der Waals surface area contributed by atoms with Crippen LogP contribution in [0.15, 0.2) is 43.0 Å². The number of nitrogens with zero attached hydrogens (tertiary/aromatic N) is 3. The lowest BCUT2D eigenvalue weighted by molar-refractivity contribution is 0.00146. The summed E-state index contributed by atoms with van der Waals surface area (Å²) in [6.07, 6.45) is 4.83. The molecule has 0 aliphatic carbocycles. The zero-order chi connectivity index (χ0) is 13.7. The number of aliphatic hydroxyl groups is 1. The Kier molecular flexibility index (Phi) is 4.32. The molecule has 0 radical (unpaired) electrons. The van der Waals surface area contributed by atoms with E-state index in [1.54, 1.807) is 11.0 Å². The van der Waals surface area contributed by atoms with Gasteiger partial charge in [-0.1, -0.05) is 44.2 Å². The van der Waals surface area contributed by atoms with Crippen LogP contribution >= 0.6 is 0 Å². The molecule has 0 spiro atoms. The van der Waals surface area contributed by atoms with Crippen molar-refractivity contribution in [3.05, 3.63) is 48.5 Å². The second-order valence-electron chi connectivity index (χ2n) is 5.42. The zero-order valence-electron chi connectivity index (χ0n) is 11.5. The standard InChI is InChI=1S/C15H21N3O/c1-13(2)8-9-15(19,10-18-12-16-11-17-18)14-6-4-3-5-7-14/h3-7,11-13,19H,8-10H2,1-2H3. The predicted octanol–water partition coefficient (Wildman–Crippen LogP) is 2.60. The summed E-state index contributed by atoms with van der Waals surface area (Å²) in [6.45, 7) is 4.77. The van der Waals surface area contributed by atoms with Crippen molar-refractivity contribution in [3.8, 4) is 0 Å². The van der Waals surface area contributed by atoms with Crippen molar-refractivity contribution < 1.29 is 5.11 Å².